The fourth-order valence-electron chi connectivity index (χ4n) is 3.37. The summed E-state index contributed by atoms with van der Waals surface area (Å²) in [4.78, 5) is 19.2. The molecular formula is C19H33N3OS. The molecule has 1 aromatic heterocycles. The van der Waals surface area contributed by atoms with Crippen molar-refractivity contribution in [1.82, 2.24) is 14.5 Å². The molecule has 0 spiro atoms. The van der Waals surface area contributed by atoms with Gasteiger partial charge >= 0.3 is 0 Å². The van der Waals surface area contributed by atoms with Crippen molar-refractivity contribution in [2.45, 2.75) is 84.0 Å². The van der Waals surface area contributed by atoms with E-state index in [2.05, 4.69) is 37.2 Å². The first-order valence-electron chi connectivity index (χ1n) is 9.36. The van der Waals surface area contributed by atoms with Gasteiger partial charge in [0.25, 0.3) is 0 Å². The van der Waals surface area contributed by atoms with Gasteiger partial charge in [-0.1, -0.05) is 32.0 Å². The van der Waals surface area contributed by atoms with Crippen LogP contribution in [0.3, 0.4) is 0 Å². The average molecular weight is 352 g/mol. The molecule has 1 saturated carbocycles. The van der Waals surface area contributed by atoms with E-state index < -0.39 is 0 Å². The largest absolute Gasteiger partial charge is 0.342 e. The van der Waals surface area contributed by atoms with Crippen LogP contribution in [0.5, 0.6) is 0 Å². The van der Waals surface area contributed by atoms with Gasteiger partial charge in [0.2, 0.25) is 5.91 Å². The van der Waals surface area contributed by atoms with Crippen LogP contribution < -0.4 is 0 Å². The molecule has 0 bridgehead atoms. The topological polar surface area (TPSA) is 38.1 Å². The maximum absolute atomic E-state index is 12.6. The Labute approximate surface area is 151 Å². The second kappa shape index (κ2) is 8.93. The molecule has 4 nitrogen and oxygen atoms in total. The van der Waals surface area contributed by atoms with Gasteiger partial charge in [0.15, 0.2) is 5.16 Å². The molecule has 1 aromatic rings. The van der Waals surface area contributed by atoms with E-state index in [1.165, 1.54) is 25.0 Å². The highest BCUT2D eigenvalue weighted by molar-refractivity contribution is 7.99. The lowest BCUT2D eigenvalue weighted by molar-refractivity contribution is -0.129. The van der Waals surface area contributed by atoms with Crippen LogP contribution >= 0.6 is 11.8 Å². The van der Waals surface area contributed by atoms with Crippen LogP contribution in [0.2, 0.25) is 0 Å². The van der Waals surface area contributed by atoms with Gasteiger partial charge in [-0.15, -0.1) is 0 Å². The monoisotopic (exact) mass is 351 g/mol. The molecule has 1 aliphatic carbocycles. The van der Waals surface area contributed by atoms with Gasteiger partial charge in [0.05, 0.1) is 11.4 Å². The number of unbranched alkanes of at least 4 members (excludes halogenated alkanes) is 1. The average Bonchev–Trinajstić information content (AvgIpc) is 2.85. The zero-order valence-electron chi connectivity index (χ0n) is 16.0. The Bertz CT molecular complexity index is 547. The predicted molar refractivity (Wildman–Crippen MR) is 102 cm³/mol. The number of aryl methyl sites for hydroxylation is 1. The summed E-state index contributed by atoms with van der Waals surface area (Å²) in [6, 6.07) is 0.428. The number of nitrogens with zero attached hydrogens (tertiary/aromatic N) is 3. The standard InChI is InChI=1S/C19H33N3OS/c1-6-7-12-22-16(4)15(3)20-19(22)24-13-18(23)21(5)17-10-8-14(2)9-11-17/h14,17H,6-13H2,1-5H3. The molecule has 0 saturated heterocycles. The van der Waals surface area contributed by atoms with Gasteiger partial charge in [0, 0.05) is 25.3 Å². The van der Waals surface area contributed by atoms with Gasteiger partial charge in [0.1, 0.15) is 0 Å². The van der Waals surface area contributed by atoms with Crippen molar-refractivity contribution in [2.75, 3.05) is 12.8 Å². The summed E-state index contributed by atoms with van der Waals surface area (Å²) in [5.41, 5.74) is 2.31. The van der Waals surface area contributed by atoms with Crippen LogP contribution in [-0.2, 0) is 11.3 Å². The molecule has 0 radical (unpaired) electrons. The third kappa shape index (κ3) is 4.78. The number of hydrogen-bond donors (Lipinski definition) is 0. The van der Waals surface area contributed by atoms with E-state index in [1.54, 1.807) is 11.8 Å². The van der Waals surface area contributed by atoms with Crippen molar-refractivity contribution in [1.29, 1.82) is 0 Å². The lowest BCUT2D eigenvalue weighted by Gasteiger charge is -2.33. The van der Waals surface area contributed by atoms with Crippen LogP contribution in [0, 0.1) is 19.8 Å². The van der Waals surface area contributed by atoms with Gasteiger partial charge in [-0.2, -0.15) is 0 Å². The minimum Gasteiger partial charge on any atom is -0.342 e. The summed E-state index contributed by atoms with van der Waals surface area (Å²) < 4.78 is 2.28. The third-order valence-corrected chi connectivity index (χ3v) is 6.37. The minimum atomic E-state index is 0.236. The number of thioether (sulfide) groups is 1. The van der Waals surface area contributed by atoms with Gasteiger partial charge in [-0.05, 0) is 51.9 Å². The lowest BCUT2D eigenvalue weighted by atomic mass is 9.87. The van der Waals surface area contributed by atoms with Gasteiger partial charge in [-0.25, -0.2) is 4.98 Å². The van der Waals surface area contributed by atoms with Crippen LogP contribution in [0.4, 0.5) is 0 Å². The van der Waals surface area contributed by atoms with Crippen LogP contribution in [-0.4, -0.2) is 39.2 Å². The van der Waals surface area contributed by atoms with Crippen molar-refractivity contribution in [3.8, 4) is 0 Å². The van der Waals surface area contributed by atoms with Gasteiger partial charge < -0.3 is 9.47 Å². The summed E-state index contributed by atoms with van der Waals surface area (Å²) in [5, 5.41) is 0.998. The van der Waals surface area contributed by atoms with Crippen molar-refractivity contribution < 1.29 is 4.79 Å². The molecule has 0 atom stereocenters. The highest BCUT2D eigenvalue weighted by Crippen LogP contribution is 2.27. The Hall–Kier alpha value is -0.970. The Morgan fingerprint density at radius 3 is 2.58 bits per heavy atom. The number of amides is 1. The first-order valence-corrected chi connectivity index (χ1v) is 10.3. The van der Waals surface area contributed by atoms with Crippen LogP contribution in [0.25, 0.3) is 0 Å². The van der Waals surface area contributed by atoms with E-state index in [1.807, 2.05) is 11.9 Å². The van der Waals surface area contributed by atoms with E-state index in [-0.39, 0.29) is 5.91 Å². The van der Waals surface area contributed by atoms with E-state index in [9.17, 15) is 4.79 Å². The van der Waals surface area contributed by atoms with Crippen molar-refractivity contribution >= 4 is 17.7 Å². The number of carbonyl (C=O) groups excluding carboxylic acids is 1. The zero-order chi connectivity index (χ0) is 17.7. The lowest BCUT2D eigenvalue weighted by Crippen LogP contribution is -2.40. The molecule has 0 unspecified atom stereocenters. The number of imidazole rings is 1. The summed E-state index contributed by atoms with van der Waals surface area (Å²) in [7, 11) is 1.98. The first kappa shape index (κ1) is 19.4. The third-order valence-electron chi connectivity index (χ3n) is 5.41. The molecule has 136 valence electrons. The molecule has 0 aromatic carbocycles. The summed E-state index contributed by atoms with van der Waals surface area (Å²) in [5.74, 6) is 1.54. The van der Waals surface area contributed by atoms with Crippen LogP contribution in [0.1, 0.15) is 63.8 Å². The fraction of sp³-hybridized carbons (Fsp3) is 0.789. The summed E-state index contributed by atoms with van der Waals surface area (Å²) >= 11 is 1.59. The molecular weight excluding hydrogens is 318 g/mol. The van der Waals surface area contributed by atoms with E-state index in [0.717, 1.165) is 42.6 Å². The predicted octanol–water partition coefficient (Wildman–Crippen LogP) is 4.43. The number of rotatable bonds is 7. The number of aromatic nitrogens is 2. The fourth-order valence-corrected chi connectivity index (χ4v) is 4.42. The SMILES string of the molecule is CCCCn1c(SCC(=O)N(C)C2CCC(C)CC2)nc(C)c1C. The molecule has 24 heavy (non-hydrogen) atoms. The molecule has 1 heterocycles. The highest BCUT2D eigenvalue weighted by Gasteiger charge is 2.25. The van der Waals surface area contributed by atoms with Gasteiger partial charge in [-0.3, -0.25) is 4.79 Å². The molecule has 5 heteroatoms. The first-order chi connectivity index (χ1) is 11.4. The Kier molecular flexibility index (Phi) is 7.20. The summed E-state index contributed by atoms with van der Waals surface area (Å²) in [6.45, 7) is 9.69. The Morgan fingerprint density at radius 2 is 1.96 bits per heavy atom. The molecule has 0 N–H and O–H groups in total. The second-order valence-corrected chi connectivity index (χ2v) is 8.22. The smallest absolute Gasteiger partial charge is 0.233 e. The van der Waals surface area contributed by atoms with Crippen molar-refractivity contribution in [3.05, 3.63) is 11.4 Å². The number of hydrogen-bond acceptors (Lipinski definition) is 3. The Balaban J connectivity index is 1.92. The second-order valence-electron chi connectivity index (χ2n) is 7.28. The van der Waals surface area contributed by atoms with E-state index >= 15 is 0 Å². The maximum Gasteiger partial charge on any atom is 0.233 e. The Morgan fingerprint density at radius 1 is 1.29 bits per heavy atom. The number of carbonyl (C=O) groups is 1. The zero-order valence-corrected chi connectivity index (χ0v) is 16.8. The quantitative estimate of drug-likeness (QED) is 0.682. The molecule has 1 aliphatic rings. The normalized spacial score (nSPS) is 21.0. The van der Waals surface area contributed by atoms with Crippen molar-refractivity contribution in [2.24, 2.45) is 5.92 Å². The van der Waals surface area contributed by atoms with Crippen molar-refractivity contribution in [3.63, 3.8) is 0 Å². The van der Waals surface area contributed by atoms with Crippen LogP contribution in [0.15, 0.2) is 5.16 Å². The summed E-state index contributed by atoms with van der Waals surface area (Å²) in [6.07, 6.45) is 7.11. The minimum absolute atomic E-state index is 0.236. The molecule has 1 amide bonds. The molecule has 2 rings (SSSR count). The molecule has 1 fully saturated rings. The molecule has 0 aliphatic heterocycles. The van der Waals surface area contributed by atoms with E-state index in [0.29, 0.717) is 11.8 Å². The highest BCUT2D eigenvalue weighted by atomic mass is 32.2. The van der Waals surface area contributed by atoms with E-state index in [4.69, 9.17) is 0 Å². The maximum atomic E-state index is 12.6.